The van der Waals surface area contributed by atoms with Crippen LogP contribution in [0, 0.1) is 0 Å². The van der Waals surface area contributed by atoms with Gasteiger partial charge in [-0.15, -0.1) is 0 Å². The Hall–Kier alpha value is -4.25. The molecular weight excluding hydrogens is 600 g/mol. The van der Waals surface area contributed by atoms with Gasteiger partial charge in [-0.05, 0) is 51.1 Å². The van der Waals surface area contributed by atoms with Crippen molar-refractivity contribution >= 4 is 29.8 Å². The number of hydrogen-bond donors (Lipinski definition) is 6. The molecule has 244 valence electrons. The monoisotopic (exact) mass is 634 g/mol. The first kappa shape index (κ1) is 32.2. The Morgan fingerprint density at radius 1 is 1.13 bits per heavy atom. The lowest BCUT2D eigenvalue weighted by molar-refractivity contribution is -0.181. The molecule has 45 heavy (non-hydrogen) atoms. The fourth-order valence-electron chi connectivity index (χ4n) is 6.98. The number of nitrogens with one attached hydrogen (secondary N) is 1. The molecule has 2 aliphatic heterocycles. The van der Waals surface area contributed by atoms with Crippen LogP contribution in [0.5, 0.6) is 11.5 Å². The maximum Gasteiger partial charge on any atom is 0.343 e. The minimum absolute atomic E-state index is 0.0374. The van der Waals surface area contributed by atoms with Crippen molar-refractivity contribution in [1.82, 2.24) is 10.2 Å². The Labute approximate surface area is 256 Å². The van der Waals surface area contributed by atoms with E-state index in [2.05, 4.69) is 4.90 Å². The summed E-state index contributed by atoms with van der Waals surface area (Å²) in [6.45, 7) is 1.61. The molecule has 1 spiro atoms. The summed E-state index contributed by atoms with van der Waals surface area (Å²) in [4.78, 5) is 61.9. The minimum atomic E-state index is -2.52. The van der Waals surface area contributed by atoms with Gasteiger partial charge in [-0.2, -0.15) is 0 Å². The average Bonchev–Trinajstić information content (AvgIpc) is 3.34. The zero-order valence-corrected chi connectivity index (χ0v) is 24.6. The summed E-state index contributed by atoms with van der Waals surface area (Å²) in [5.74, 6) is -6.60. The highest BCUT2D eigenvalue weighted by atomic mass is 16.6. The Morgan fingerprint density at radius 2 is 1.82 bits per heavy atom. The van der Waals surface area contributed by atoms with E-state index in [0.717, 1.165) is 18.1 Å². The zero-order chi connectivity index (χ0) is 33.0. The van der Waals surface area contributed by atoms with Gasteiger partial charge in [0.15, 0.2) is 35.9 Å². The number of amides is 1. The van der Waals surface area contributed by atoms with E-state index in [4.69, 9.17) is 29.2 Å². The second-order valence-electron chi connectivity index (χ2n) is 11.7. The van der Waals surface area contributed by atoms with Gasteiger partial charge in [0, 0.05) is 18.0 Å². The fraction of sp³-hybridized carbons (Fsp3) is 0.552. The highest BCUT2D eigenvalue weighted by Crippen LogP contribution is 2.65. The number of nitrogens with zero attached hydrogens (tertiary/aromatic N) is 1. The molecule has 2 bridgehead atoms. The molecule has 0 unspecified atom stereocenters. The topological polar surface area (TPSA) is 239 Å². The number of piperidine rings is 1. The Kier molecular flexibility index (Phi) is 8.28. The number of aliphatic carboxylic acids is 2. The second-order valence-corrected chi connectivity index (χ2v) is 11.7. The van der Waals surface area contributed by atoms with Crippen LogP contribution >= 0.6 is 0 Å². The highest BCUT2D eigenvalue weighted by molar-refractivity contribution is 5.91. The van der Waals surface area contributed by atoms with Crippen molar-refractivity contribution in [2.75, 3.05) is 20.7 Å². The molecule has 5 rings (SSSR count). The highest BCUT2D eigenvalue weighted by Gasteiger charge is 2.72. The van der Waals surface area contributed by atoms with E-state index in [0.29, 0.717) is 30.9 Å². The Bertz CT molecular complexity index is 1480. The Morgan fingerprint density at radius 3 is 2.47 bits per heavy atom. The summed E-state index contributed by atoms with van der Waals surface area (Å²) in [6.07, 6.45) is -6.13. The number of hydrogen-bond acceptors (Lipinski definition) is 13. The number of aliphatic hydroxyl groups excluding tert-OH is 2. The third-order valence-corrected chi connectivity index (χ3v) is 9.21. The smallest absolute Gasteiger partial charge is 0.343 e. The van der Waals surface area contributed by atoms with Crippen LogP contribution in [0.1, 0.15) is 37.3 Å². The van der Waals surface area contributed by atoms with Crippen LogP contribution in [-0.4, -0.2) is 123 Å². The van der Waals surface area contributed by atoms with Crippen LogP contribution in [-0.2, 0) is 45.3 Å². The molecule has 4 aliphatic rings. The van der Waals surface area contributed by atoms with Crippen molar-refractivity contribution in [3.8, 4) is 11.5 Å². The number of likely N-dealkylation sites (tertiary alicyclic amines) is 1. The van der Waals surface area contributed by atoms with Gasteiger partial charge in [0.1, 0.15) is 11.8 Å². The van der Waals surface area contributed by atoms with Gasteiger partial charge in [0.25, 0.3) is 5.91 Å². The number of esters is 2. The molecule has 1 aromatic carbocycles. The molecule has 1 aromatic rings. The largest absolute Gasteiger partial charge is 0.493 e. The average molecular weight is 635 g/mol. The number of benzene rings is 1. The van der Waals surface area contributed by atoms with E-state index < -0.39 is 77.7 Å². The molecule has 0 aromatic heterocycles. The molecule has 16 nitrogen and oxygen atoms in total. The summed E-state index contributed by atoms with van der Waals surface area (Å²) < 4.78 is 22.1. The number of carboxylic acids is 2. The zero-order valence-electron chi connectivity index (χ0n) is 24.6. The van der Waals surface area contributed by atoms with E-state index in [1.165, 1.54) is 13.2 Å². The van der Waals surface area contributed by atoms with E-state index in [9.17, 15) is 39.3 Å². The molecule has 1 saturated heterocycles. The number of ether oxygens (including phenoxy) is 4. The first-order valence-corrected chi connectivity index (χ1v) is 14.2. The summed E-state index contributed by atoms with van der Waals surface area (Å²) in [5.41, 5.74) is -0.596. The number of carbonyl (C=O) groups excluding carboxylic acids is 3. The maximum absolute atomic E-state index is 13.0. The van der Waals surface area contributed by atoms with Crippen molar-refractivity contribution in [3.63, 3.8) is 0 Å². The van der Waals surface area contributed by atoms with E-state index >= 15 is 0 Å². The molecular formula is C29H34N2O14. The van der Waals surface area contributed by atoms with Gasteiger partial charge in [-0.25, -0.2) is 14.4 Å². The molecule has 0 saturated carbocycles. The Balaban J connectivity index is 1.31. The van der Waals surface area contributed by atoms with Crippen LogP contribution in [0.2, 0.25) is 0 Å². The molecule has 1 fully saturated rings. The SMILES string of the molecule is COc1ccc2c3c1O[C@H]1C(OC(=O)[C@H](O)[C@@H](O)C(=O)O[C@@H](C)C(=O)N[C@@H](CC(=O)O)C(=O)O)=CC[C@@]4(O)[C@H](C2)N(C)CC[C@]314. The lowest BCUT2D eigenvalue weighted by Crippen LogP contribution is -2.74. The minimum Gasteiger partial charge on any atom is -0.493 e. The lowest BCUT2D eigenvalue weighted by Gasteiger charge is -2.61. The van der Waals surface area contributed by atoms with Crippen LogP contribution in [0.4, 0.5) is 0 Å². The van der Waals surface area contributed by atoms with Gasteiger partial charge < -0.3 is 54.7 Å². The van der Waals surface area contributed by atoms with Crippen molar-refractivity contribution in [1.29, 1.82) is 0 Å². The number of likely N-dealkylation sites (N-methyl/N-ethyl adjacent to an activating group) is 1. The molecule has 0 radical (unpaired) electrons. The number of carbonyl (C=O) groups is 5. The fourth-order valence-corrected chi connectivity index (χ4v) is 6.98. The normalized spacial score (nSPS) is 28.6. The third-order valence-electron chi connectivity index (χ3n) is 9.21. The number of carboxylic acid groups (broad SMARTS) is 2. The van der Waals surface area contributed by atoms with Crippen molar-refractivity contribution in [2.45, 2.75) is 80.1 Å². The van der Waals surface area contributed by atoms with Crippen LogP contribution in [0.25, 0.3) is 0 Å². The van der Waals surface area contributed by atoms with Gasteiger partial charge in [-0.3, -0.25) is 9.59 Å². The quantitative estimate of drug-likeness (QED) is 0.147. The first-order valence-electron chi connectivity index (χ1n) is 14.2. The summed E-state index contributed by atoms with van der Waals surface area (Å²) in [6, 6.07) is 1.58. The number of rotatable bonds is 11. The van der Waals surface area contributed by atoms with Gasteiger partial charge >= 0.3 is 23.9 Å². The van der Waals surface area contributed by atoms with E-state index in [-0.39, 0.29) is 18.2 Å². The lowest BCUT2D eigenvalue weighted by atomic mass is 9.50. The molecule has 2 heterocycles. The summed E-state index contributed by atoms with van der Waals surface area (Å²) in [5, 5.41) is 52.9. The summed E-state index contributed by atoms with van der Waals surface area (Å²) in [7, 11) is 3.41. The second kappa shape index (κ2) is 11.6. The number of methoxy groups -OCH3 is 1. The van der Waals surface area contributed by atoms with E-state index in [1.807, 2.05) is 18.4 Å². The molecule has 6 N–H and O–H groups in total. The third kappa shape index (κ3) is 5.07. The standard InChI is InChI=1S/C29H34N2O14/c1-12(24(36)30-14(25(37)38)11-18(32)33)43-26(39)20(34)21(35)27(40)44-16-6-7-29(41)17-10-13-4-5-15(42-3)22-19(13)28(29,23(16)45-22)8-9-31(17)2/h4-6,12,14,17,20-21,23,34-35,41H,7-11H2,1-3H3,(H,30,36)(H,32,33)(H,37,38)/t12-,14-,17-,20+,21+,23-,28-,29+/m0/s1. The van der Waals surface area contributed by atoms with Crippen LogP contribution in [0.3, 0.4) is 0 Å². The molecule has 1 amide bonds. The molecule has 2 aliphatic carbocycles. The molecule has 8 atom stereocenters. The van der Waals surface area contributed by atoms with Crippen molar-refractivity contribution < 1.29 is 68.5 Å². The van der Waals surface area contributed by atoms with Crippen LogP contribution < -0.4 is 14.8 Å². The van der Waals surface area contributed by atoms with Crippen molar-refractivity contribution in [2.24, 2.45) is 0 Å². The number of aliphatic hydroxyl groups is 3. The summed E-state index contributed by atoms with van der Waals surface area (Å²) >= 11 is 0. The van der Waals surface area contributed by atoms with Gasteiger partial charge in [0.05, 0.1) is 24.5 Å². The van der Waals surface area contributed by atoms with E-state index in [1.54, 1.807) is 6.07 Å². The van der Waals surface area contributed by atoms with Crippen LogP contribution in [0.15, 0.2) is 24.0 Å². The molecule has 16 heteroatoms. The van der Waals surface area contributed by atoms with Gasteiger partial charge in [-0.1, -0.05) is 6.07 Å². The van der Waals surface area contributed by atoms with Gasteiger partial charge in [0.2, 0.25) is 0 Å². The predicted octanol–water partition coefficient (Wildman–Crippen LogP) is -1.79. The first-order chi connectivity index (χ1) is 21.2. The van der Waals surface area contributed by atoms with Crippen molar-refractivity contribution in [3.05, 3.63) is 35.1 Å². The maximum atomic E-state index is 13.0. The predicted molar refractivity (Wildman–Crippen MR) is 147 cm³/mol.